The molecule has 0 unspecified atom stereocenters. The standard InChI is InChI=1S/C3H5NO.C3H8OSi/c1-2-3(4)5;1-2-3-5-4/h2H,1H2,(H2,4,5);5H,2-3H2,1H3. The summed E-state index contributed by atoms with van der Waals surface area (Å²) in [6.45, 7) is 5.12. The lowest BCUT2D eigenvalue weighted by Crippen LogP contribution is -2.04. The Morgan fingerprint density at radius 3 is 2.20 bits per heavy atom. The van der Waals surface area contributed by atoms with Gasteiger partial charge in [0.1, 0.15) is 0 Å². The molecule has 0 saturated heterocycles. The van der Waals surface area contributed by atoms with Crippen LogP contribution in [0.3, 0.4) is 0 Å². The van der Waals surface area contributed by atoms with Gasteiger partial charge < -0.3 is 10.2 Å². The fraction of sp³-hybridized carbons (Fsp3) is 0.500. The average Bonchev–Trinajstić information content (AvgIpc) is 1.91. The number of amides is 1. The molecule has 0 fully saturated rings. The van der Waals surface area contributed by atoms with Crippen LogP contribution in [0.5, 0.6) is 0 Å². The normalized spacial score (nSPS) is 6.90. The second-order valence-electron chi connectivity index (χ2n) is 1.56. The summed E-state index contributed by atoms with van der Waals surface area (Å²) < 4.78 is 9.61. The summed E-state index contributed by atoms with van der Waals surface area (Å²) in [7, 11) is -0.464. The van der Waals surface area contributed by atoms with E-state index in [1.54, 1.807) is 0 Å². The highest BCUT2D eigenvalue weighted by molar-refractivity contribution is 6.16. The van der Waals surface area contributed by atoms with Crippen molar-refractivity contribution in [2.75, 3.05) is 0 Å². The van der Waals surface area contributed by atoms with Crippen LogP contribution in [0.1, 0.15) is 13.3 Å². The predicted octanol–water partition coefficient (Wildman–Crippen LogP) is 0.254. The third-order valence-corrected chi connectivity index (χ3v) is 1.42. The molecule has 0 aliphatic rings. The number of hydrogen-bond acceptors (Lipinski definition) is 2. The van der Waals surface area contributed by atoms with E-state index in [0.29, 0.717) is 0 Å². The summed E-state index contributed by atoms with van der Waals surface area (Å²) in [5.74, 6) is -0.481. The SMILES string of the molecule is C=CC(N)=O.CCC[SiH]=O. The summed E-state index contributed by atoms with van der Waals surface area (Å²) in [4.78, 5) is 9.47. The van der Waals surface area contributed by atoms with Gasteiger partial charge in [-0.2, -0.15) is 0 Å². The Hall–Kier alpha value is -0.773. The Morgan fingerprint density at radius 1 is 1.80 bits per heavy atom. The maximum atomic E-state index is 9.61. The Bertz CT molecular complexity index is 114. The van der Waals surface area contributed by atoms with E-state index in [1.807, 2.05) is 6.92 Å². The topological polar surface area (TPSA) is 60.2 Å². The molecule has 0 heterocycles. The van der Waals surface area contributed by atoms with Gasteiger partial charge in [0.15, 0.2) is 0 Å². The van der Waals surface area contributed by atoms with Crippen molar-refractivity contribution in [2.24, 2.45) is 5.73 Å². The summed E-state index contributed by atoms with van der Waals surface area (Å²) in [5, 5.41) is 0. The van der Waals surface area contributed by atoms with Gasteiger partial charge in [-0.15, -0.1) is 0 Å². The molecule has 0 aliphatic heterocycles. The van der Waals surface area contributed by atoms with Gasteiger partial charge in [0.25, 0.3) is 9.41 Å². The Kier molecular flexibility index (Phi) is 13.3. The van der Waals surface area contributed by atoms with E-state index in [-0.39, 0.29) is 0 Å². The minimum Gasteiger partial charge on any atom is -0.392 e. The van der Waals surface area contributed by atoms with Crippen LogP contribution in [0, 0.1) is 0 Å². The van der Waals surface area contributed by atoms with Crippen molar-refractivity contribution in [1.29, 1.82) is 0 Å². The third kappa shape index (κ3) is 26.9. The molecule has 0 bridgehead atoms. The molecule has 0 radical (unpaired) electrons. The molecule has 3 nitrogen and oxygen atoms in total. The smallest absolute Gasteiger partial charge is 0.261 e. The zero-order valence-electron chi connectivity index (χ0n) is 6.17. The molecule has 0 aliphatic carbocycles. The minimum absolute atomic E-state index is 0.464. The molecule has 0 spiro atoms. The van der Waals surface area contributed by atoms with Crippen molar-refractivity contribution < 1.29 is 9.26 Å². The van der Waals surface area contributed by atoms with Gasteiger partial charge >= 0.3 is 0 Å². The molecule has 0 aromatic heterocycles. The van der Waals surface area contributed by atoms with Gasteiger partial charge in [-0.3, -0.25) is 4.79 Å². The fourth-order valence-corrected chi connectivity index (χ4v) is 0.354. The first kappa shape index (κ1) is 12.0. The van der Waals surface area contributed by atoms with Crippen LogP contribution >= 0.6 is 0 Å². The quantitative estimate of drug-likeness (QED) is 0.474. The second kappa shape index (κ2) is 11.1. The highest BCUT2D eigenvalue weighted by Gasteiger charge is 1.69. The molecule has 0 aromatic rings. The van der Waals surface area contributed by atoms with E-state index in [2.05, 4.69) is 12.3 Å². The Labute approximate surface area is 63.2 Å². The van der Waals surface area contributed by atoms with Crippen LogP contribution in [0.2, 0.25) is 6.04 Å². The zero-order valence-corrected chi connectivity index (χ0v) is 7.32. The van der Waals surface area contributed by atoms with Crippen LogP contribution in [0.4, 0.5) is 0 Å². The molecule has 10 heavy (non-hydrogen) atoms. The van der Waals surface area contributed by atoms with Crippen LogP contribution < -0.4 is 5.73 Å². The Morgan fingerprint density at radius 2 is 2.20 bits per heavy atom. The second-order valence-corrected chi connectivity index (χ2v) is 2.47. The van der Waals surface area contributed by atoms with E-state index in [9.17, 15) is 9.26 Å². The lowest BCUT2D eigenvalue weighted by molar-refractivity contribution is -0.113. The van der Waals surface area contributed by atoms with Crippen molar-refractivity contribution >= 4 is 15.3 Å². The monoisotopic (exact) mass is 159 g/mol. The van der Waals surface area contributed by atoms with Gasteiger partial charge in [0.2, 0.25) is 5.91 Å². The van der Waals surface area contributed by atoms with Crippen LogP contribution in [0.25, 0.3) is 0 Å². The van der Waals surface area contributed by atoms with Gasteiger partial charge in [0.05, 0.1) is 0 Å². The fourth-order valence-electron chi connectivity index (χ4n) is 0.118. The summed E-state index contributed by atoms with van der Waals surface area (Å²) in [5.41, 5.74) is 4.53. The van der Waals surface area contributed by atoms with E-state index in [1.165, 1.54) is 0 Å². The molecule has 2 N–H and O–H groups in total. The highest BCUT2D eigenvalue weighted by atomic mass is 28.2. The number of rotatable bonds is 3. The van der Waals surface area contributed by atoms with Gasteiger partial charge in [-0.1, -0.05) is 19.9 Å². The number of carbonyl (C=O) groups is 1. The molecular weight excluding hydrogens is 146 g/mol. The van der Waals surface area contributed by atoms with Crippen molar-refractivity contribution in [3.63, 3.8) is 0 Å². The number of nitrogens with two attached hydrogens (primary N) is 1. The van der Waals surface area contributed by atoms with Gasteiger partial charge in [-0.05, 0) is 12.1 Å². The first-order valence-electron chi connectivity index (χ1n) is 3.04. The number of primary amides is 1. The van der Waals surface area contributed by atoms with Gasteiger partial charge in [-0.25, -0.2) is 0 Å². The van der Waals surface area contributed by atoms with E-state index in [0.717, 1.165) is 18.5 Å². The lowest BCUT2D eigenvalue weighted by Gasteiger charge is -1.67. The first-order valence-corrected chi connectivity index (χ1v) is 4.33. The van der Waals surface area contributed by atoms with E-state index in [4.69, 9.17) is 0 Å². The summed E-state index contributed by atoms with van der Waals surface area (Å²) >= 11 is 0. The zero-order chi connectivity index (χ0) is 8.41. The molecule has 0 atom stereocenters. The molecule has 4 heteroatoms. The molecule has 0 aromatic carbocycles. The lowest BCUT2D eigenvalue weighted by atomic mass is 10.6. The van der Waals surface area contributed by atoms with Crippen molar-refractivity contribution in [3.05, 3.63) is 12.7 Å². The highest BCUT2D eigenvalue weighted by Crippen LogP contribution is 1.76. The molecule has 0 saturated carbocycles. The van der Waals surface area contributed by atoms with Gasteiger partial charge in [0, 0.05) is 0 Å². The molecule has 58 valence electrons. The number of carbonyl (C=O) groups excluding carboxylic acids is 1. The first-order chi connectivity index (χ1) is 4.68. The van der Waals surface area contributed by atoms with E-state index < -0.39 is 15.3 Å². The van der Waals surface area contributed by atoms with Crippen LogP contribution in [0.15, 0.2) is 12.7 Å². The van der Waals surface area contributed by atoms with Crippen LogP contribution in [-0.2, 0) is 9.26 Å². The Balaban J connectivity index is 0. The maximum Gasteiger partial charge on any atom is 0.261 e. The predicted molar refractivity (Wildman–Crippen MR) is 42.3 cm³/mol. The largest absolute Gasteiger partial charge is 0.392 e. The summed E-state index contributed by atoms with van der Waals surface area (Å²) in [6, 6.07) is 0.917. The molecule has 0 rings (SSSR count). The van der Waals surface area contributed by atoms with E-state index >= 15 is 0 Å². The number of hydrogen-bond donors (Lipinski definition) is 1. The molecule has 1 amide bonds. The molecular formula is C6H13NO2Si. The average molecular weight is 159 g/mol. The maximum absolute atomic E-state index is 9.61. The summed E-state index contributed by atoms with van der Waals surface area (Å²) in [6.07, 6.45) is 2.12. The van der Waals surface area contributed by atoms with Crippen molar-refractivity contribution in [1.82, 2.24) is 0 Å². The van der Waals surface area contributed by atoms with Crippen LogP contribution in [-0.4, -0.2) is 15.3 Å². The van der Waals surface area contributed by atoms with Crippen molar-refractivity contribution in [3.8, 4) is 0 Å². The van der Waals surface area contributed by atoms with Crippen molar-refractivity contribution in [2.45, 2.75) is 19.4 Å². The minimum atomic E-state index is -0.481. The third-order valence-electron chi connectivity index (χ3n) is 0.608.